The molecule has 7 heteroatoms. The predicted octanol–water partition coefficient (Wildman–Crippen LogP) is 0.215. The summed E-state index contributed by atoms with van der Waals surface area (Å²) < 4.78 is 5.27. The zero-order chi connectivity index (χ0) is 14.8. The van der Waals surface area contributed by atoms with Crippen molar-refractivity contribution in [3.05, 3.63) is 0 Å². The molecule has 0 radical (unpaired) electrons. The van der Waals surface area contributed by atoms with Crippen LogP contribution in [0.1, 0.15) is 19.8 Å². The lowest BCUT2D eigenvalue weighted by Crippen LogP contribution is -2.42. The third-order valence-electron chi connectivity index (χ3n) is 3.30. The lowest BCUT2D eigenvalue weighted by atomic mass is 10.3. The SMILES string of the molecule is CCN(CCC(=O)O)C(=O)NCCCN1CCOCC1. The van der Waals surface area contributed by atoms with Crippen LogP contribution >= 0.6 is 0 Å². The maximum absolute atomic E-state index is 11.8. The Kier molecular flexibility index (Phi) is 7.98. The van der Waals surface area contributed by atoms with Gasteiger partial charge in [0.1, 0.15) is 0 Å². The van der Waals surface area contributed by atoms with E-state index in [0.717, 1.165) is 39.3 Å². The number of carbonyl (C=O) groups is 2. The summed E-state index contributed by atoms with van der Waals surface area (Å²) in [5.74, 6) is -0.886. The molecule has 1 rings (SSSR count). The number of hydrogen-bond acceptors (Lipinski definition) is 4. The van der Waals surface area contributed by atoms with E-state index in [9.17, 15) is 9.59 Å². The van der Waals surface area contributed by atoms with E-state index in [1.54, 1.807) is 0 Å². The van der Waals surface area contributed by atoms with Gasteiger partial charge in [-0.25, -0.2) is 4.79 Å². The second kappa shape index (κ2) is 9.55. The number of carboxylic acid groups (broad SMARTS) is 1. The number of carbonyl (C=O) groups excluding carboxylic acids is 1. The third kappa shape index (κ3) is 6.72. The first-order chi connectivity index (χ1) is 9.63. The van der Waals surface area contributed by atoms with Crippen LogP contribution in [0.5, 0.6) is 0 Å². The molecule has 0 aromatic carbocycles. The number of rotatable bonds is 8. The van der Waals surface area contributed by atoms with Crippen LogP contribution in [0.2, 0.25) is 0 Å². The number of carboxylic acids is 1. The Balaban J connectivity index is 2.12. The second-order valence-electron chi connectivity index (χ2n) is 4.76. The van der Waals surface area contributed by atoms with Crippen LogP contribution in [0.25, 0.3) is 0 Å². The number of hydrogen-bond donors (Lipinski definition) is 2. The van der Waals surface area contributed by atoms with Gasteiger partial charge in [-0.15, -0.1) is 0 Å². The molecule has 1 fully saturated rings. The van der Waals surface area contributed by atoms with E-state index in [1.165, 1.54) is 4.90 Å². The molecule has 1 heterocycles. The highest BCUT2D eigenvalue weighted by atomic mass is 16.5. The zero-order valence-electron chi connectivity index (χ0n) is 12.1. The summed E-state index contributed by atoms with van der Waals surface area (Å²) in [6, 6.07) is -0.185. The molecule has 1 aliphatic rings. The fourth-order valence-corrected chi connectivity index (χ4v) is 2.07. The summed E-state index contributed by atoms with van der Waals surface area (Å²) in [5, 5.41) is 11.5. The van der Waals surface area contributed by atoms with Crippen molar-refractivity contribution in [1.29, 1.82) is 0 Å². The van der Waals surface area contributed by atoms with E-state index in [2.05, 4.69) is 10.2 Å². The molecular formula is C13H25N3O4. The first kappa shape index (κ1) is 16.7. The number of amides is 2. The number of morpholine rings is 1. The minimum atomic E-state index is -0.886. The fourth-order valence-electron chi connectivity index (χ4n) is 2.07. The zero-order valence-corrected chi connectivity index (χ0v) is 12.1. The van der Waals surface area contributed by atoms with Gasteiger partial charge in [0.2, 0.25) is 0 Å². The third-order valence-corrected chi connectivity index (χ3v) is 3.30. The Bertz CT molecular complexity index is 306. The molecule has 0 bridgehead atoms. The molecule has 0 aromatic rings. The highest BCUT2D eigenvalue weighted by Crippen LogP contribution is 1.98. The molecule has 20 heavy (non-hydrogen) atoms. The van der Waals surface area contributed by atoms with E-state index in [-0.39, 0.29) is 19.0 Å². The number of nitrogens with one attached hydrogen (secondary N) is 1. The quantitative estimate of drug-likeness (QED) is 0.624. The molecule has 2 amide bonds. The van der Waals surface area contributed by atoms with E-state index in [4.69, 9.17) is 9.84 Å². The first-order valence-electron chi connectivity index (χ1n) is 7.18. The van der Waals surface area contributed by atoms with E-state index >= 15 is 0 Å². The van der Waals surface area contributed by atoms with Crippen molar-refractivity contribution in [1.82, 2.24) is 15.1 Å². The van der Waals surface area contributed by atoms with Gasteiger partial charge in [0.15, 0.2) is 0 Å². The monoisotopic (exact) mass is 287 g/mol. The highest BCUT2D eigenvalue weighted by Gasteiger charge is 2.13. The van der Waals surface area contributed by atoms with E-state index in [1.807, 2.05) is 6.92 Å². The highest BCUT2D eigenvalue weighted by molar-refractivity contribution is 5.75. The van der Waals surface area contributed by atoms with Gasteiger partial charge in [0.05, 0.1) is 19.6 Å². The van der Waals surface area contributed by atoms with Gasteiger partial charge in [-0.1, -0.05) is 0 Å². The molecule has 1 aliphatic heterocycles. The second-order valence-corrected chi connectivity index (χ2v) is 4.76. The molecule has 7 nitrogen and oxygen atoms in total. The van der Waals surface area contributed by atoms with Crippen LogP contribution in [0, 0.1) is 0 Å². The number of ether oxygens (including phenoxy) is 1. The van der Waals surface area contributed by atoms with Crippen LogP contribution in [-0.4, -0.2) is 79.4 Å². The molecule has 0 aliphatic carbocycles. The Morgan fingerprint density at radius 2 is 2.05 bits per heavy atom. The van der Waals surface area contributed by atoms with Gasteiger partial charge in [0.25, 0.3) is 0 Å². The van der Waals surface area contributed by atoms with Crippen molar-refractivity contribution in [3.63, 3.8) is 0 Å². The van der Waals surface area contributed by atoms with Crippen molar-refractivity contribution in [2.75, 3.05) is 52.5 Å². The molecule has 2 N–H and O–H groups in total. The van der Waals surface area contributed by atoms with Crippen molar-refractivity contribution >= 4 is 12.0 Å². The number of aliphatic carboxylic acids is 1. The summed E-state index contributed by atoms with van der Waals surface area (Å²) in [6.45, 7) is 7.64. The van der Waals surface area contributed by atoms with Crippen LogP contribution in [0.3, 0.4) is 0 Å². The molecule has 116 valence electrons. The van der Waals surface area contributed by atoms with Gasteiger partial charge >= 0.3 is 12.0 Å². The minimum absolute atomic E-state index is 0.0188. The normalized spacial score (nSPS) is 15.8. The lowest BCUT2D eigenvalue weighted by molar-refractivity contribution is -0.137. The van der Waals surface area contributed by atoms with Crippen molar-refractivity contribution < 1.29 is 19.4 Å². The molecule has 0 saturated carbocycles. The Morgan fingerprint density at radius 3 is 2.65 bits per heavy atom. The summed E-state index contributed by atoms with van der Waals surface area (Å²) in [7, 11) is 0. The van der Waals surface area contributed by atoms with Gasteiger partial charge in [-0.05, 0) is 19.9 Å². The van der Waals surface area contributed by atoms with Crippen molar-refractivity contribution in [2.24, 2.45) is 0 Å². The molecule has 1 saturated heterocycles. The van der Waals surface area contributed by atoms with Crippen molar-refractivity contribution in [2.45, 2.75) is 19.8 Å². The average Bonchev–Trinajstić information content (AvgIpc) is 2.45. The first-order valence-corrected chi connectivity index (χ1v) is 7.18. The summed E-state index contributed by atoms with van der Waals surface area (Å²) >= 11 is 0. The van der Waals surface area contributed by atoms with Gasteiger partial charge < -0.3 is 20.1 Å². The maximum atomic E-state index is 11.8. The topological polar surface area (TPSA) is 82.1 Å². The lowest BCUT2D eigenvalue weighted by Gasteiger charge is -2.26. The smallest absolute Gasteiger partial charge is 0.317 e. The Morgan fingerprint density at radius 1 is 1.35 bits per heavy atom. The minimum Gasteiger partial charge on any atom is -0.481 e. The largest absolute Gasteiger partial charge is 0.481 e. The number of nitrogens with zero attached hydrogens (tertiary/aromatic N) is 2. The van der Waals surface area contributed by atoms with Crippen LogP contribution in [0.4, 0.5) is 4.79 Å². The van der Waals surface area contributed by atoms with Crippen LogP contribution in [0.15, 0.2) is 0 Å². The molecular weight excluding hydrogens is 262 g/mol. The standard InChI is InChI=1S/C13H25N3O4/c1-2-16(7-4-12(17)18)13(19)14-5-3-6-15-8-10-20-11-9-15/h2-11H2,1H3,(H,14,19)(H,17,18). The average molecular weight is 287 g/mol. The van der Waals surface area contributed by atoms with Crippen LogP contribution < -0.4 is 5.32 Å². The molecule has 0 spiro atoms. The summed E-state index contributed by atoms with van der Waals surface area (Å²) in [5.41, 5.74) is 0. The predicted molar refractivity (Wildman–Crippen MR) is 74.8 cm³/mol. The molecule has 0 aromatic heterocycles. The van der Waals surface area contributed by atoms with E-state index < -0.39 is 5.97 Å². The van der Waals surface area contributed by atoms with E-state index in [0.29, 0.717) is 13.1 Å². The number of urea groups is 1. The molecule has 0 atom stereocenters. The maximum Gasteiger partial charge on any atom is 0.317 e. The Labute approximate surface area is 119 Å². The molecule has 0 unspecified atom stereocenters. The summed E-state index contributed by atoms with van der Waals surface area (Å²) in [4.78, 5) is 26.2. The van der Waals surface area contributed by atoms with Crippen molar-refractivity contribution in [3.8, 4) is 0 Å². The van der Waals surface area contributed by atoms with Gasteiger partial charge in [0, 0.05) is 32.7 Å². The van der Waals surface area contributed by atoms with Gasteiger partial charge in [-0.2, -0.15) is 0 Å². The van der Waals surface area contributed by atoms with Gasteiger partial charge in [-0.3, -0.25) is 9.69 Å². The Hall–Kier alpha value is -1.34. The summed E-state index contributed by atoms with van der Waals surface area (Å²) in [6.07, 6.45) is 0.872. The van der Waals surface area contributed by atoms with Crippen LogP contribution in [-0.2, 0) is 9.53 Å². The fraction of sp³-hybridized carbons (Fsp3) is 0.846.